The van der Waals surface area contributed by atoms with E-state index < -0.39 is 6.04 Å². The number of nitrogens with one attached hydrogen (secondary N) is 1. The van der Waals surface area contributed by atoms with Crippen molar-refractivity contribution in [2.75, 3.05) is 12.3 Å². The van der Waals surface area contributed by atoms with Crippen molar-refractivity contribution in [1.82, 2.24) is 10.2 Å². The first-order valence-electron chi connectivity index (χ1n) is 11.0. The molecule has 0 fully saturated rings. The lowest BCUT2D eigenvalue weighted by Gasteiger charge is -2.31. The Kier molecular flexibility index (Phi) is 11.0. The Morgan fingerprint density at radius 1 is 1.16 bits per heavy atom. The molecule has 0 aliphatic heterocycles. The number of hydrogen-bond acceptors (Lipinski definition) is 3. The predicted octanol–water partition coefficient (Wildman–Crippen LogP) is 5.74. The molecule has 2 aromatic rings. The molecule has 1 atom stereocenters. The molecule has 2 rings (SSSR count). The van der Waals surface area contributed by atoms with Gasteiger partial charge in [0, 0.05) is 29.4 Å². The van der Waals surface area contributed by atoms with Gasteiger partial charge in [0.1, 0.15) is 11.9 Å². The monoisotopic (exact) mass is 478 g/mol. The van der Waals surface area contributed by atoms with Crippen LogP contribution in [0.4, 0.5) is 4.39 Å². The van der Waals surface area contributed by atoms with Gasteiger partial charge in [0.15, 0.2) is 0 Å². The Labute approximate surface area is 199 Å². The fourth-order valence-corrected chi connectivity index (χ4v) is 4.64. The van der Waals surface area contributed by atoms with Crippen LogP contribution in [0.15, 0.2) is 42.5 Å². The zero-order valence-corrected chi connectivity index (χ0v) is 20.6. The Morgan fingerprint density at radius 3 is 2.56 bits per heavy atom. The Hall–Kier alpha value is -2.05. The molecule has 1 N–H and O–H groups in total. The molecule has 0 bridgehead atoms. The van der Waals surface area contributed by atoms with Crippen molar-refractivity contribution in [3.05, 3.63) is 70.0 Å². The number of nitrogens with zero attached hydrogens (tertiary/aromatic N) is 1. The van der Waals surface area contributed by atoms with Crippen molar-refractivity contribution in [3.63, 3.8) is 0 Å². The molecule has 4 nitrogen and oxygen atoms in total. The highest BCUT2D eigenvalue weighted by molar-refractivity contribution is 7.99. The minimum absolute atomic E-state index is 0.134. The average molecular weight is 479 g/mol. The molecule has 0 aliphatic carbocycles. The molecule has 0 spiro atoms. The minimum Gasteiger partial charge on any atom is -0.354 e. The van der Waals surface area contributed by atoms with Crippen LogP contribution in [0.25, 0.3) is 0 Å². The van der Waals surface area contributed by atoms with E-state index in [9.17, 15) is 14.0 Å². The van der Waals surface area contributed by atoms with Crippen LogP contribution in [0.3, 0.4) is 0 Å². The fraction of sp³-hybridized carbons (Fsp3) is 0.440. The van der Waals surface area contributed by atoms with Crippen molar-refractivity contribution in [3.8, 4) is 0 Å². The van der Waals surface area contributed by atoms with Crippen LogP contribution in [-0.4, -0.2) is 35.1 Å². The molecule has 2 amide bonds. The Morgan fingerprint density at radius 2 is 1.91 bits per heavy atom. The van der Waals surface area contributed by atoms with E-state index >= 15 is 0 Å². The number of carbonyl (C=O) groups excluding carboxylic acids is 2. The molecule has 2 aromatic carbocycles. The van der Waals surface area contributed by atoms with Gasteiger partial charge in [0.25, 0.3) is 0 Å². The van der Waals surface area contributed by atoms with E-state index in [0.29, 0.717) is 30.1 Å². The molecule has 0 aliphatic rings. The summed E-state index contributed by atoms with van der Waals surface area (Å²) in [4.78, 5) is 27.8. The number of aryl methyl sites for hydroxylation is 1. The van der Waals surface area contributed by atoms with Gasteiger partial charge in [-0.25, -0.2) is 4.39 Å². The number of halogens is 2. The summed E-state index contributed by atoms with van der Waals surface area (Å²) in [6.07, 6.45) is 2.39. The summed E-state index contributed by atoms with van der Waals surface area (Å²) in [6, 6.07) is 11.9. The smallest absolute Gasteiger partial charge is 0.242 e. The summed E-state index contributed by atoms with van der Waals surface area (Å²) in [5.74, 6) is -0.242. The van der Waals surface area contributed by atoms with Crippen LogP contribution in [0.5, 0.6) is 0 Å². The van der Waals surface area contributed by atoms with Gasteiger partial charge in [-0.05, 0) is 43.0 Å². The van der Waals surface area contributed by atoms with Gasteiger partial charge >= 0.3 is 0 Å². The molecule has 0 unspecified atom stereocenters. The van der Waals surface area contributed by atoms with Crippen LogP contribution >= 0.6 is 23.4 Å². The summed E-state index contributed by atoms with van der Waals surface area (Å²) < 4.78 is 14.1. The maximum Gasteiger partial charge on any atom is 0.242 e. The van der Waals surface area contributed by atoms with E-state index in [2.05, 4.69) is 12.2 Å². The van der Waals surface area contributed by atoms with E-state index in [4.69, 9.17) is 11.6 Å². The third kappa shape index (κ3) is 7.52. The molecule has 0 radical (unpaired) electrons. The second kappa shape index (κ2) is 13.5. The molecule has 32 heavy (non-hydrogen) atoms. The van der Waals surface area contributed by atoms with Gasteiger partial charge in [0.05, 0.1) is 5.75 Å². The first-order chi connectivity index (χ1) is 15.4. The fourth-order valence-electron chi connectivity index (χ4n) is 3.39. The predicted molar refractivity (Wildman–Crippen MR) is 131 cm³/mol. The normalized spacial score (nSPS) is 11.8. The molecule has 0 heterocycles. The first-order valence-corrected chi connectivity index (χ1v) is 12.5. The van der Waals surface area contributed by atoms with Crippen LogP contribution in [-0.2, 0) is 21.9 Å². The van der Waals surface area contributed by atoms with Gasteiger partial charge < -0.3 is 10.2 Å². The Bertz CT molecular complexity index is 889. The summed E-state index contributed by atoms with van der Waals surface area (Å²) in [5.41, 5.74) is 2.46. The number of rotatable bonds is 12. The average Bonchev–Trinajstić information content (AvgIpc) is 2.77. The topological polar surface area (TPSA) is 49.4 Å². The van der Waals surface area contributed by atoms with Gasteiger partial charge in [0.2, 0.25) is 11.8 Å². The quantitative estimate of drug-likeness (QED) is 0.395. The lowest BCUT2D eigenvalue weighted by molar-refractivity contribution is -0.139. The van der Waals surface area contributed by atoms with E-state index in [1.54, 1.807) is 17.0 Å². The summed E-state index contributed by atoms with van der Waals surface area (Å²) in [7, 11) is 0. The third-order valence-corrected chi connectivity index (χ3v) is 6.65. The van der Waals surface area contributed by atoms with Crippen LogP contribution in [0, 0.1) is 12.7 Å². The van der Waals surface area contributed by atoms with Gasteiger partial charge in [-0.15, -0.1) is 11.8 Å². The van der Waals surface area contributed by atoms with Crippen molar-refractivity contribution in [2.24, 2.45) is 0 Å². The summed E-state index contributed by atoms with van der Waals surface area (Å²) >= 11 is 7.41. The maximum absolute atomic E-state index is 14.1. The minimum atomic E-state index is -0.559. The van der Waals surface area contributed by atoms with Crippen molar-refractivity contribution < 1.29 is 14.0 Å². The van der Waals surface area contributed by atoms with Crippen molar-refractivity contribution in [2.45, 2.75) is 58.4 Å². The maximum atomic E-state index is 14.1. The number of hydrogen-bond donors (Lipinski definition) is 1. The largest absolute Gasteiger partial charge is 0.354 e. The van der Waals surface area contributed by atoms with Crippen LogP contribution in [0.1, 0.15) is 49.8 Å². The number of benzene rings is 2. The molecule has 7 heteroatoms. The Balaban J connectivity index is 2.15. The molecule has 0 saturated heterocycles. The van der Waals surface area contributed by atoms with E-state index in [1.165, 1.54) is 17.8 Å². The highest BCUT2D eigenvalue weighted by Gasteiger charge is 2.28. The molecule has 0 saturated carbocycles. The van der Waals surface area contributed by atoms with Crippen LogP contribution < -0.4 is 5.32 Å². The second-order valence-electron chi connectivity index (χ2n) is 7.71. The van der Waals surface area contributed by atoms with E-state index in [0.717, 1.165) is 24.0 Å². The van der Waals surface area contributed by atoms with E-state index in [1.807, 2.05) is 38.1 Å². The number of amides is 2. The number of unbranched alkanes of at least 4 members (excludes halogenated alkanes) is 1. The highest BCUT2D eigenvalue weighted by atomic mass is 35.5. The summed E-state index contributed by atoms with van der Waals surface area (Å²) in [6.45, 7) is 6.92. The van der Waals surface area contributed by atoms with E-state index in [-0.39, 0.29) is 29.1 Å². The zero-order valence-electron chi connectivity index (χ0n) is 19.0. The molecule has 174 valence electrons. The van der Waals surface area contributed by atoms with Crippen molar-refractivity contribution in [1.29, 1.82) is 0 Å². The van der Waals surface area contributed by atoms with Crippen molar-refractivity contribution >= 4 is 35.2 Å². The lowest BCUT2D eigenvalue weighted by atomic mass is 10.1. The second-order valence-corrected chi connectivity index (χ2v) is 9.10. The first kappa shape index (κ1) is 26.2. The van der Waals surface area contributed by atoms with Crippen LogP contribution in [0.2, 0.25) is 5.02 Å². The third-order valence-electron chi connectivity index (χ3n) is 5.35. The number of thioether (sulfide) groups is 1. The van der Waals surface area contributed by atoms with Gasteiger partial charge in [-0.1, -0.05) is 62.2 Å². The lowest BCUT2D eigenvalue weighted by Crippen LogP contribution is -2.49. The standard InChI is InChI=1S/C25H32ClFN2O2S/c1-4-6-14-28-25(31)23(5-2)29(15-19-11-8-7-10-18(19)3)24(30)17-32-16-20-21(26)12-9-13-22(20)27/h7-13,23H,4-6,14-17H2,1-3H3,(H,28,31)/t23-/m0/s1. The summed E-state index contributed by atoms with van der Waals surface area (Å²) in [5, 5.41) is 3.31. The van der Waals surface area contributed by atoms with Gasteiger partial charge in [-0.3, -0.25) is 9.59 Å². The molecular formula is C25H32ClFN2O2S. The number of carbonyl (C=O) groups is 2. The zero-order chi connectivity index (χ0) is 23.5. The molecular weight excluding hydrogens is 447 g/mol. The highest BCUT2D eigenvalue weighted by Crippen LogP contribution is 2.25. The van der Waals surface area contributed by atoms with Gasteiger partial charge in [-0.2, -0.15) is 0 Å². The molecule has 0 aromatic heterocycles. The SMILES string of the molecule is CCCCNC(=O)[C@H](CC)N(Cc1ccccc1C)C(=O)CSCc1c(F)cccc1Cl.